The Hall–Kier alpha value is -1.35. The molecular weight excluding hydrogens is 252 g/mol. The van der Waals surface area contributed by atoms with Crippen molar-refractivity contribution in [3.05, 3.63) is 29.8 Å². The van der Waals surface area contributed by atoms with Crippen LogP contribution in [0, 0.1) is 0 Å². The van der Waals surface area contributed by atoms with E-state index in [-0.39, 0.29) is 18.0 Å². The van der Waals surface area contributed by atoms with Gasteiger partial charge in [-0.3, -0.25) is 4.79 Å². The summed E-state index contributed by atoms with van der Waals surface area (Å²) in [5, 5.41) is 0. The van der Waals surface area contributed by atoms with Crippen LogP contribution in [0.25, 0.3) is 0 Å². The van der Waals surface area contributed by atoms with Crippen LogP contribution in [0.15, 0.2) is 24.3 Å². The molecule has 0 bridgehead atoms. The zero-order chi connectivity index (χ0) is 14.4. The van der Waals surface area contributed by atoms with Gasteiger partial charge in [-0.2, -0.15) is 0 Å². The van der Waals surface area contributed by atoms with Crippen molar-refractivity contribution in [2.24, 2.45) is 0 Å². The third kappa shape index (κ3) is 4.64. The largest absolute Gasteiger partial charge is 0.491 e. The molecule has 1 saturated heterocycles. The summed E-state index contributed by atoms with van der Waals surface area (Å²) in [6.45, 7) is 4.81. The first-order valence-corrected chi connectivity index (χ1v) is 7.56. The van der Waals surface area contributed by atoms with E-state index in [2.05, 4.69) is 0 Å². The Balaban J connectivity index is 1.88. The van der Waals surface area contributed by atoms with E-state index in [1.165, 1.54) is 6.42 Å². The number of ether oxygens (including phenoxy) is 2. The fraction of sp³-hybridized carbons (Fsp3) is 0.588. The lowest BCUT2D eigenvalue weighted by atomic mass is 10.0. The average Bonchev–Trinajstić information content (AvgIpc) is 2.45. The minimum Gasteiger partial charge on any atom is -0.491 e. The molecule has 3 heteroatoms. The molecule has 2 rings (SSSR count). The number of Topliss-reactive ketones (excluding diaryl/α,β-unsaturated/α-hetero) is 1. The zero-order valence-electron chi connectivity index (χ0n) is 12.4. The summed E-state index contributed by atoms with van der Waals surface area (Å²) in [6.07, 6.45) is 5.22. The van der Waals surface area contributed by atoms with Gasteiger partial charge in [-0.05, 0) is 51.7 Å². The molecule has 1 unspecified atom stereocenters. The van der Waals surface area contributed by atoms with Gasteiger partial charge in [0.15, 0.2) is 5.78 Å². The van der Waals surface area contributed by atoms with Crippen LogP contribution < -0.4 is 4.74 Å². The zero-order valence-corrected chi connectivity index (χ0v) is 12.4. The minimum absolute atomic E-state index is 0.121. The molecule has 1 aromatic rings. The van der Waals surface area contributed by atoms with Gasteiger partial charge < -0.3 is 9.47 Å². The van der Waals surface area contributed by atoms with Crippen molar-refractivity contribution in [3.8, 4) is 5.75 Å². The summed E-state index contributed by atoms with van der Waals surface area (Å²) < 4.78 is 11.3. The number of rotatable bonds is 6. The molecule has 1 aliphatic heterocycles. The van der Waals surface area contributed by atoms with E-state index in [4.69, 9.17) is 9.47 Å². The lowest BCUT2D eigenvalue weighted by molar-refractivity contribution is 0.0104. The highest BCUT2D eigenvalue weighted by molar-refractivity contribution is 5.96. The van der Waals surface area contributed by atoms with Gasteiger partial charge in [0.1, 0.15) is 5.75 Å². The number of hydrogen-bond donors (Lipinski definition) is 0. The number of benzene rings is 1. The molecule has 0 N–H and O–H groups in total. The van der Waals surface area contributed by atoms with Crippen LogP contribution in [0.2, 0.25) is 0 Å². The number of hydrogen-bond acceptors (Lipinski definition) is 3. The molecular formula is C17H24O3. The Kier molecular flexibility index (Phi) is 5.60. The van der Waals surface area contributed by atoms with Crippen LogP contribution in [0.4, 0.5) is 0 Å². The maximum atomic E-state index is 12.2. The molecule has 0 aliphatic carbocycles. The van der Waals surface area contributed by atoms with Gasteiger partial charge in [0.05, 0.1) is 12.2 Å². The molecule has 1 fully saturated rings. The second-order valence-corrected chi connectivity index (χ2v) is 5.64. The van der Waals surface area contributed by atoms with Crippen molar-refractivity contribution in [2.45, 2.75) is 58.2 Å². The first-order chi connectivity index (χ1) is 9.65. The SMILES string of the molecule is CC(C)Oc1cccc(C(=O)CCC2CCCCO2)c1. The van der Waals surface area contributed by atoms with Crippen LogP contribution in [-0.4, -0.2) is 24.6 Å². The van der Waals surface area contributed by atoms with E-state index in [9.17, 15) is 4.79 Å². The quantitative estimate of drug-likeness (QED) is 0.736. The second kappa shape index (κ2) is 7.44. The van der Waals surface area contributed by atoms with Gasteiger partial charge in [0, 0.05) is 18.6 Å². The Morgan fingerprint density at radius 2 is 2.25 bits per heavy atom. The van der Waals surface area contributed by atoms with E-state index in [1.807, 2.05) is 38.1 Å². The smallest absolute Gasteiger partial charge is 0.163 e. The standard InChI is InChI=1S/C17H24O3/c1-13(2)20-16-8-5-6-14(12-16)17(18)10-9-15-7-3-4-11-19-15/h5-6,8,12-13,15H,3-4,7,9-11H2,1-2H3. The van der Waals surface area contributed by atoms with Crippen molar-refractivity contribution >= 4 is 5.78 Å². The maximum Gasteiger partial charge on any atom is 0.163 e. The van der Waals surface area contributed by atoms with E-state index in [0.717, 1.165) is 37.2 Å². The molecule has 20 heavy (non-hydrogen) atoms. The Morgan fingerprint density at radius 3 is 2.95 bits per heavy atom. The third-order valence-corrected chi connectivity index (χ3v) is 3.50. The molecule has 1 atom stereocenters. The highest BCUT2D eigenvalue weighted by atomic mass is 16.5. The van der Waals surface area contributed by atoms with Crippen molar-refractivity contribution in [3.63, 3.8) is 0 Å². The summed E-state index contributed by atoms with van der Waals surface area (Å²) in [4.78, 5) is 12.2. The van der Waals surface area contributed by atoms with Crippen LogP contribution >= 0.6 is 0 Å². The van der Waals surface area contributed by atoms with E-state index in [0.29, 0.717) is 6.42 Å². The van der Waals surface area contributed by atoms with Crippen molar-refractivity contribution < 1.29 is 14.3 Å². The fourth-order valence-corrected chi connectivity index (χ4v) is 2.49. The second-order valence-electron chi connectivity index (χ2n) is 5.64. The van der Waals surface area contributed by atoms with Gasteiger partial charge in [-0.25, -0.2) is 0 Å². The van der Waals surface area contributed by atoms with Crippen molar-refractivity contribution in [1.29, 1.82) is 0 Å². The number of carbonyl (C=O) groups is 1. The summed E-state index contributed by atoms with van der Waals surface area (Å²) >= 11 is 0. The first kappa shape index (κ1) is 15.0. The average molecular weight is 276 g/mol. The number of carbonyl (C=O) groups excluding carboxylic acids is 1. The Labute approximate surface area is 121 Å². The highest BCUT2D eigenvalue weighted by Gasteiger charge is 2.16. The fourth-order valence-electron chi connectivity index (χ4n) is 2.49. The van der Waals surface area contributed by atoms with Crippen molar-refractivity contribution in [1.82, 2.24) is 0 Å². The van der Waals surface area contributed by atoms with Gasteiger partial charge in [-0.1, -0.05) is 12.1 Å². The molecule has 1 heterocycles. The monoisotopic (exact) mass is 276 g/mol. The summed E-state index contributed by atoms with van der Waals surface area (Å²) in [7, 11) is 0. The minimum atomic E-state index is 0.121. The van der Waals surface area contributed by atoms with Crippen LogP contribution in [-0.2, 0) is 4.74 Å². The molecule has 1 aliphatic rings. The molecule has 3 nitrogen and oxygen atoms in total. The van der Waals surface area contributed by atoms with E-state index >= 15 is 0 Å². The Bertz CT molecular complexity index is 434. The molecule has 110 valence electrons. The normalized spacial score (nSPS) is 19.1. The van der Waals surface area contributed by atoms with Gasteiger partial charge in [-0.15, -0.1) is 0 Å². The molecule has 0 saturated carbocycles. The molecule has 0 amide bonds. The predicted molar refractivity (Wildman–Crippen MR) is 79.4 cm³/mol. The predicted octanol–water partition coefficient (Wildman–Crippen LogP) is 4.01. The maximum absolute atomic E-state index is 12.2. The lowest BCUT2D eigenvalue weighted by Gasteiger charge is -2.22. The van der Waals surface area contributed by atoms with Crippen molar-refractivity contribution in [2.75, 3.05) is 6.61 Å². The highest BCUT2D eigenvalue weighted by Crippen LogP contribution is 2.20. The van der Waals surface area contributed by atoms with Gasteiger partial charge >= 0.3 is 0 Å². The topological polar surface area (TPSA) is 35.5 Å². The third-order valence-electron chi connectivity index (χ3n) is 3.50. The Morgan fingerprint density at radius 1 is 1.40 bits per heavy atom. The van der Waals surface area contributed by atoms with Crippen LogP contribution in [0.5, 0.6) is 5.75 Å². The van der Waals surface area contributed by atoms with E-state index in [1.54, 1.807) is 0 Å². The van der Waals surface area contributed by atoms with Gasteiger partial charge in [0.25, 0.3) is 0 Å². The van der Waals surface area contributed by atoms with Crippen LogP contribution in [0.1, 0.15) is 56.3 Å². The summed E-state index contributed by atoms with van der Waals surface area (Å²) in [5.41, 5.74) is 0.735. The molecule has 1 aromatic carbocycles. The van der Waals surface area contributed by atoms with Crippen LogP contribution in [0.3, 0.4) is 0 Å². The molecule has 0 spiro atoms. The molecule has 0 radical (unpaired) electrons. The lowest BCUT2D eigenvalue weighted by Crippen LogP contribution is -2.20. The van der Waals surface area contributed by atoms with Gasteiger partial charge in [0.2, 0.25) is 0 Å². The summed E-state index contributed by atoms with van der Waals surface area (Å²) in [6, 6.07) is 7.46. The number of ketones is 1. The molecule has 0 aromatic heterocycles. The van der Waals surface area contributed by atoms with E-state index < -0.39 is 0 Å². The first-order valence-electron chi connectivity index (χ1n) is 7.56. The summed E-state index contributed by atoms with van der Waals surface area (Å²) in [5.74, 6) is 0.938.